The lowest BCUT2D eigenvalue weighted by molar-refractivity contribution is -0.145. The van der Waals surface area contributed by atoms with E-state index in [4.69, 9.17) is 5.11 Å². The molecule has 572 valence electrons. The van der Waals surface area contributed by atoms with Crippen LogP contribution in [0.3, 0.4) is 0 Å². The van der Waals surface area contributed by atoms with E-state index in [0.29, 0.717) is 5.19 Å². The Hall–Kier alpha value is -9.47. The van der Waals surface area contributed by atoms with Crippen LogP contribution in [0.2, 0.25) is 10.1 Å². The topological polar surface area (TPSA) is 564 Å². The van der Waals surface area contributed by atoms with Gasteiger partial charge in [0.05, 0.1) is 19.6 Å². The molecule has 0 spiro atoms. The second-order valence-electron chi connectivity index (χ2n) is 26.6. The van der Waals surface area contributed by atoms with Crippen molar-refractivity contribution in [3.8, 4) is 0 Å². The lowest BCUT2D eigenvalue weighted by atomic mass is 10.1. The Kier molecular flexibility index (Phi) is 37.7. The third-order valence-electron chi connectivity index (χ3n) is 16.6. The van der Waals surface area contributed by atoms with Crippen LogP contribution in [0.4, 0.5) is 8.90 Å². The first-order chi connectivity index (χ1) is 47.5. The number of benzene rings is 1. The number of carboxylic acids is 9. The van der Waals surface area contributed by atoms with E-state index in [0.717, 1.165) is 0 Å². The molecule has 1 heterocycles. The fraction of sp³-hybridized carbons (Fsp3) is 0.651. The van der Waals surface area contributed by atoms with E-state index >= 15 is 4.11 Å². The van der Waals surface area contributed by atoms with E-state index in [9.17, 15) is 118 Å². The lowest BCUT2D eigenvalue weighted by Crippen LogP contribution is -2.58. The predicted molar refractivity (Wildman–Crippen MR) is 359 cm³/mol. The van der Waals surface area contributed by atoms with Crippen molar-refractivity contribution in [3.05, 3.63) is 29.8 Å². The molecule has 8 amide bonds. The third-order valence-corrected chi connectivity index (χ3v) is 21.9. The second-order valence-corrected chi connectivity index (χ2v) is 31.5. The van der Waals surface area contributed by atoms with Gasteiger partial charge in [0.2, 0.25) is 29.5 Å². The SMILES string of the molecule is CC(C)(C)[Si](F)(c1ccc(C(=O)NC(CNC(=O)CCC(C(=O)O)N2CCN(CC(=O)O)CCN(CC(=O)O)CCN(CC(=O)O)CC2)C(=O)NC(CCCCNC(=O)CCC(=O)NCCCC(NC(=O)CC[C@H](NC(=O)N[C@@H](CCC(=O)O)C(=O)O)C(=O)O)C(=O)O)C(=O)O)cc1)C(C)(C)C. The zero-order chi connectivity index (χ0) is 77.2. The number of carbonyl (C=O) groups is 16. The van der Waals surface area contributed by atoms with Crippen molar-refractivity contribution < 1.29 is 127 Å². The number of halogens is 1. The third kappa shape index (κ3) is 32.9. The minimum Gasteiger partial charge on any atom is -0.481 e. The summed E-state index contributed by atoms with van der Waals surface area (Å²) in [5, 5.41) is 104. The van der Waals surface area contributed by atoms with Crippen LogP contribution < -0.4 is 47.7 Å². The van der Waals surface area contributed by atoms with Gasteiger partial charge in [-0.05, 0) is 78.8 Å². The molecule has 37 nitrogen and oxygen atoms in total. The Morgan fingerprint density at radius 2 is 0.804 bits per heavy atom. The first-order valence-electron chi connectivity index (χ1n) is 33.0. The summed E-state index contributed by atoms with van der Waals surface area (Å²) in [5.74, 6) is -17.4. The molecule has 1 aliphatic rings. The Morgan fingerprint density at radius 1 is 0.412 bits per heavy atom. The van der Waals surface area contributed by atoms with Gasteiger partial charge in [0.25, 0.3) is 14.3 Å². The number of nitrogens with zero attached hydrogens (tertiary/aromatic N) is 4. The maximum Gasteiger partial charge on any atom is 0.326 e. The zero-order valence-corrected chi connectivity index (χ0v) is 59.1. The number of nitrogens with one attached hydrogen (secondary N) is 8. The molecule has 4 unspecified atom stereocenters. The van der Waals surface area contributed by atoms with Crippen LogP contribution in [0.5, 0.6) is 0 Å². The molecule has 0 aromatic heterocycles. The molecule has 6 atom stereocenters. The molecule has 0 radical (unpaired) electrons. The maximum atomic E-state index is 17.2. The zero-order valence-electron chi connectivity index (χ0n) is 58.1. The molecule has 0 aliphatic carbocycles. The van der Waals surface area contributed by atoms with Gasteiger partial charge < -0.3 is 92.6 Å². The first kappa shape index (κ1) is 88.6. The van der Waals surface area contributed by atoms with Crippen molar-refractivity contribution >= 4 is 109 Å². The summed E-state index contributed by atoms with van der Waals surface area (Å²) in [6, 6.07) is -5.23. The van der Waals surface area contributed by atoms with Gasteiger partial charge in [0, 0.05) is 110 Å². The van der Waals surface area contributed by atoms with E-state index in [2.05, 4.69) is 31.9 Å². The molecular weight excluding hydrogens is 1370 g/mol. The minimum absolute atomic E-state index is 0.000572. The van der Waals surface area contributed by atoms with Crippen LogP contribution in [-0.4, -0.2) is 297 Å². The van der Waals surface area contributed by atoms with Crippen LogP contribution in [-0.2, 0) is 67.1 Å². The van der Waals surface area contributed by atoms with Crippen LogP contribution in [0.1, 0.15) is 135 Å². The van der Waals surface area contributed by atoms with E-state index in [1.807, 2.05) is 10.6 Å². The quantitative estimate of drug-likeness (QED) is 0.0197. The molecule has 1 fully saturated rings. The van der Waals surface area contributed by atoms with Gasteiger partial charge in [0.15, 0.2) is 0 Å². The first-order valence-corrected chi connectivity index (χ1v) is 34.9. The summed E-state index contributed by atoms with van der Waals surface area (Å²) in [4.78, 5) is 204. The standard InChI is InChI=1S/C63H99FN12O25Si/c1-62(2,3)102(64,63(4,5)6)39-14-12-38(13-15-39)54(89)70-44(34-67-48(79)20-18-45(60(99)100)76-32-30-74(36-52(85)86)28-26-73(35-51(83)84)27-29-75(31-33-76)37-53(87)88)55(90)69-41(57(93)94)10-7-8-24-65-46(77)21-22-47(78)66-25-9-11-40(56(91)92)68-49(80)19-16-42(58(95)96)71-61(101)72-43(59(97)98)17-23-50(81)82/h12-15,40-45H,7-11,16-37H2,1-6H3,(H,65,77)(H,66,78)(H,67,79)(H,68,80)(H,69,90)(H,70,89)(H,81,82)(H,83,84)(H,85,86)(H,87,88)(H,91,92)(H,93,94)(H,95,96)(H,97,98)(H,99,100)(H2,71,72,101)/t40?,41?,42-,43-,44?,45?/m0/s1. The summed E-state index contributed by atoms with van der Waals surface area (Å²) < 4.78 is 17.2. The molecule has 17 N–H and O–H groups in total. The highest BCUT2D eigenvalue weighted by Crippen LogP contribution is 2.51. The molecule has 0 saturated carbocycles. The summed E-state index contributed by atoms with van der Waals surface area (Å²) in [6.07, 6.45) is -4.07. The molecule has 1 aromatic carbocycles. The molecular formula is C63H99FN12O25Si. The fourth-order valence-corrected chi connectivity index (χ4v) is 16.0. The van der Waals surface area contributed by atoms with E-state index < -0.39 is 208 Å². The Balaban J connectivity index is 2.13. The summed E-state index contributed by atoms with van der Waals surface area (Å²) in [6.45, 7) is 8.55. The Morgan fingerprint density at radius 3 is 1.23 bits per heavy atom. The number of carboxylic acid groups (broad SMARTS) is 9. The van der Waals surface area contributed by atoms with Crippen molar-refractivity contribution in [3.63, 3.8) is 0 Å². The summed E-state index contributed by atoms with van der Waals surface area (Å²) in [7, 11) is -3.81. The van der Waals surface area contributed by atoms with Gasteiger partial charge in [0.1, 0.15) is 36.3 Å². The predicted octanol–water partition coefficient (Wildman–Crippen LogP) is -1.72. The average Bonchev–Trinajstić information content (AvgIpc) is 0.748. The Labute approximate surface area is 588 Å². The van der Waals surface area contributed by atoms with Gasteiger partial charge in [-0.25, -0.2) is 24.0 Å². The summed E-state index contributed by atoms with van der Waals surface area (Å²) in [5.41, 5.74) is -0.0342. The number of amides is 8. The highest BCUT2D eigenvalue weighted by Gasteiger charge is 2.56. The van der Waals surface area contributed by atoms with Crippen LogP contribution in [0.25, 0.3) is 0 Å². The largest absolute Gasteiger partial charge is 0.481 e. The number of hydrogen-bond acceptors (Lipinski definition) is 20. The van der Waals surface area contributed by atoms with Gasteiger partial charge >= 0.3 is 59.8 Å². The van der Waals surface area contributed by atoms with Gasteiger partial charge in [-0.15, -0.1) is 0 Å². The van der Waals surface area contributed by atoms with Crippen molar-refractivity contribution in [2.24, 2.45) is 0 Å². The van der Waals surface area contributed by atoms with Crippen molar-refractivity contribution in [2.45, 2.75) is 171 Å². The molecule has 1 saturated heterocycles. The number of unbranched alkanes of at least 4 members (excludes halogenated alkanes) is 1. The van der Waals surface area contributed by atoms with Gasteiger partial charge in [-0.1, -0.05) is 53.7 Å². The maximum absolute atomic E-state index is 17.2. The van der Waals surface area contributed by atoms with E-state index in [1.165, 1.54) is 43.9 Å². The molecule has 2 rings (SSSR count). The highest BCUT2D eigenvalue weighted by molar-refractivity contribution is 6.90. The van der Waals surface area contributed by atoms with E-state index in [1.54, 1.807) is 41.5 Å². The number of carbonyl (C=O) groups excluding carboxylic acids is 7. The van der Waals surface area contributed by atoms with Crippen molar-refractivity contribution in [1.29, 1.82) is 0 Å². The second kappa shape index (κ2) is 43.4. The monoisotopic (exact) mass is 1470 g/mol. The smallest absolute Gasteiger partial charge is 0.326 e. The van der Waals surface area contributed by atoms with Crippen LogP contribution in [0.15, 0.2) is 24.3 Å². The van der Waals surface area contributed by atoms with Crippen LogP contribution in [0, 0.1) is 0 Å². The Bertz CT molecular complexity index is 3050. The lowest BCUT2D eigenvalue weighted by Gasteiger charge is -2.44. The van der Waals surface area contributed by atoms with Crippen molar-refractivity contribution in [2.75, 3.05) is 91.6 Å². The minimum atomic E-state index is -3.81. The number of aliphatic carboxylic acids is 9. The van der Waals surface area contributed by atoms with Gasteiger partial charge in [-0.2, -0.15) is 0 Å². The molecule has 39 heteroatoms. The molecule has 1 aliphatic heterocycles. The average molecular weight is 1470 g/mol. The summed E-state index contributed by atoms with van der Waals surface area (Å²) >= 11 is 0. The number of urea groups is 1. The molecule has 0 bridgehead atoms. The van der Waals surface area contributed by atoms with Crippen LogP contribution >= 0.6 is 0 Å². The van der Waals surface area contributed by atoms with Crippen molar-refractivity contribution in [1.82, 2.24) is 62.1 Å². The normalized spacial score (nSPS) is 15.6. The fourth-order valence-electron chi connectivity index (χ4n) is 11.3. The van der Waals surface area contributed by atoms with Gasteiger partial charge in [-0.3, -0.25) is 72.3 Å². The number of hydrogen-bond donors (Lipinski definition) is 17. The number of rotatable bonds is 43. The highest BCUT2D eigenvalue weighted by atomic mass is 28.4. The molecule has 102 heavy (non-hydrogen) atoms. The van der Waals surface area contributed by atoms with E-state index in [-0.39, 0.29) is 122 Å². The molecule has 1 aromatic rings.